The van der Waals surface area contributed by atoms with Crippen molar-refractivity contribution in [1.82, 2.24) is 0 Å². The summed E-state index contributed by atoms with van der Waals surface area (Å²) in [7, 11) is 1.88. The van der Waals surface area contributed by atoms with Crippen molar-refractivity contribution in [3.05, 3.63) is 0 Å². The summed E-state index contributed by atoms with van der Waals surface area (Å²) < 4.78 is 6.56. The summed E-state index contributed by atoms with van der Waals surface area (Å²) in [5.41, 5.74) is 2.89. The van der Waals surface area contributed by atoms with Gasteiger partial charge in [-0.3, -0.25) is 0 Å². The Morgan fingerprint density at radius 1 is 0.967 bits per heavy atom. The molecule has 4 saturated carbocycles. The average molecular weight is 435 g/mol. The molecular weight excluding hydrogens is 392 g/mol. The van der Waals surface area contributed by atoms with Gasteiger partial charge in [0.2, 0.25) is 0 Å². The molecule has 4 fully saturated rings. The highest BCUT2D eigenvalue weighted by Crippen LogP contribution is 2.65. The van der Waals surface area contributed by atoms with Crippen molar-refractivity contribution < 1.29 is 14.1 Å². The van der Waals surface area contributed by atoms with E-state index in [1.807, 2.05) is 0 Å². The molecule has 4 rings (SSSR count). The fourth-order valence-electron chi connectivity index (χ4n) is 7.94. The first-order valence-electron chi connectivity index (χ1n) is 12.0. The third kappa shape index (κ3) is 3.66. The Morgan fingerprint density at radius 3 is 2.37 bits per heavy atom. The Kier molecular flexibility index (Phi) is 5.89. The van der Waals surface area contributed by atoms with E-state index >= 15 is 0 Å². The molecule has 7 atom stereocenters. The predicted octanol–water partition coefficient (Wildman–Crippen LogP) is 5.86. The van der Waals surface area contributed by atoms with Gasteiger partial charge < -0.3 is 14.1 Å². The molecule has 0 aromatic carbocycles. The molecule has 0 aromatic rings. The zero-order valence-corrected chi connectivity index (χ0v) is 21.2. The van der Waals surface area contributed by atoms with Crippen LogP contribution in [0.5, 0.6) is 0 Å². The summed E-state index contributed by atoms with van der Waals surface area (Å²) in [6.45, 7) is 11.9. The fraction of sp³-hybridized carbons (Fsp3) is 0.917. The molecule has 170 valence electrons. The molecule has 0 radical (unpaired) electrons. The molecule has 0 spiro atoms. The normalized spacial score (nSPS) is 46.3. The van der Waals surface area contributed by atoms with Crippen LogP contribution in [0.25, 0.3) is 0 Å². The fourth-order valence-corrected chi connectivity index (χ4v) is 9.15. The van der Waals surface area contributed by atoms with Crippen LogP contribution in [0.4, 0.5) is 0 Å². The van der Waals surface area contributed by atoms with Gasteiger partial charge in [0.05, 0.1) is 11.4 Å². The van der Waals surface area contributed by atoms with Gasteiger partial charge in [0.25, 0.3) is 0 Å². The Labute approximate surface area is 184 Å². The second-order valence-electron chi connectivity index (χ2n) is 11.8. The third-order valence-electron chi connectivity index (χ3n) is 9.00. The molecule has 0 N–H and O–H groups in total. The predicted molar refractivity (Wildman–Crippen MR) is 124 cm³/mol. The Bertz CT molecular complexity index is 718. The lowest BCUT2D eigenvalue weighted by Crippen LogP contribution is -2.58. The topological polar surface area (TPSA) is 52.4 Å². The molecule has 0 heterocycles. The molecule has 4 aliphatic rings. The molecular formula is C24H42N2O3Si. The van der Waals surface area contributed by atoms with E-state index in [2.05, 4.69) is 43.8 Å². The first-order valence-corrected chi connectivity index (χ1v) is 15.4. The van der Waals surface area contributed by atoms with Crippen LogP contribution < -0.4 is 0 Å². The van der Waals surface area contributed by atoms with Crippen LogP contribution in [0, 0.1) is 34.5 Å². The zero-order chi connectivity index (χ0) is 21.7. The van der Waals surface area contributed by atoms with Gasteiger partial charge in [-0.1, -0.05) is 24.2 Å². The van der Waals surface area contributed by atoms with Crippen LogP contribution in [0.3, 0.4) is 0 Å². The summed E-state index contributed by atoms with van der Waals surface area (Å²) >= 11 is 0. The van der Waals surface area contributed by atoms with Crippen LogP contribution in [-0.2, 0) is 14.1 Å². The summed E-state index contributed by atoms with van der Waals surface area (Å²) in [6, 6.07) is 0. The first-order chi connectivity index (χ1) is 14.1. The molecule has 6 heteroatoms. The highest BCUT2D eigenvalue weighted by atomic mass is 28.4. The summed E-state index contributed by atoms with van der Waals surface area (Å²) in [5, 5.41) is 9.14. The smallest absolute Gasteiger partial charge is 0.184 e. The van der Waals surface area contributed by atoms with E-state index < -0.39 is 8.32 Å². The highest BCUT2D eigenvalue weighted by molar-refractivity contribution is 6.69. The van der Waals surface area contributed by atoms with Gasteiger partial charge in [-0.25, -0.2) is 0 Å². The number of oxime groups is 2. The average Bonchev–Trinajstić information content (AvgIpc) is 2.97. The summed E-state index contributed by atoms with van der Waals surface area (Å²) in [5.74, 6) is 2.62. The van der Waals surface area contributed by atoms with Crippen LogP contribution in [0.15, 0.2) is 10.3 Å². The van der Waals surface area contributed by atoms with Gasteiger partial charge in [-0.2, -0.15) is 0 Å². The maximum Gasteiger partial charge on any atom is 0.184 e. The van der Waals surface area contributed by atoms with Gasteiger partial charge in [-0.05, 0) is 87.8 Å². The molecule has 30 heavy (non-hydrogen) atoms. The van der Waals surface area contributed by atoms with Crippen molar-refractivity contribution in [3.63, 3.8) is 0 Å². The third-order valence-corrected chi connectivity index (χ3v) is 10.0. The van der Waals surface area contributed by atoms with Gasteiger partial charge in [0, 0.05) is 23.9 Å². The van der Waals surface area contributed by atoms with Gasteiger partial charge in [0.1, 0.15) is 14.2 Å². The SMILES string of the molecule is CON=C1C[C@]2(C)C(=NOC)CCC2C2CC[C@H]3C[C@H](O[Si](C)(C)C)CC[C@]3(C)C12. The van der Waals surface area contributed by atoms with Crippen molar-refractivity contribution in [2.24, 2.45) is 44.8 Å². The van der Waals surface area contributed by atoms with E-state index in [-0.39, 0.29) is 5.41 Å². The number of nitrogens with zero attached hydrogens (tertiary/aromatic N) is 2. The highest BCUT2D eigenvalue weighted by Gasteiger charge is 2.62. The quantitative estimate of drug-likeness (QED) is 0.411. The van der Waals surface area contributed by atoms with Crippen LogP contribution in [0.1, 0.15) is 65.2 Å². The van der Waals surface area contributed by atoms with Crippen LogP contribution in [0.2, 0.25) is 19.6 Å². The van der Waals surface area contributed by atoms with Crippen LogP contribution >= 0.6 is 0 Å². The van der Waals surface area contributed by atoms with E-state index in [1.54, 1.807) is 14.2 Å². The standard InChI is InChI=1S/C24H42N2O3Si/c1-23-13-12-17(29-30(5,6)7)14-16(23)8-9-18-19-10-11-21(26-28-4)24(19,2)15-20(22(18)23)25-27-3/h16-19,22H,8-15H2,1-7H3/t16-,17+,18?,19?,22?,23-,24-/m0/s1. The minimum absolute atomic E-state index is 0.0654. The van der Waals surface area contributed by atoms with E-state index in [1.165, 1.54) is 49.9 Å². The monoisotopic (exact) mass is 434 g/mol. The number of hydrogen-bond acceptors (Lipinski definition) is 5. The molecule has 0 saturated heterocycles. The molecule has 0 bridgehead atoms. The molecule has 4 aliphatic carbocycles. The molecule has 3 unspecified atom stereocenters. The van der Waals surface area contributed by atoms with Gasteiger partial charge in [-0.15, -0.1) is 0 Å². The number of fused-ring (bicyclic) bond motifs is 5. The second kappa shape index (κ2) is 7.91. The van der Waals surface area contributed by atoms with Crippen molar-refractivity contribution in [3.8, 4) is 0 Å². The van der Waals surface area contributed by atoms with Crippen molar-refractivity contribution in [1.29, 1.82) is 0 Å². The Morgan fingerprint density at radius 2 is 1.70 bits per heavy atom. The minimum atomic E-state index is -1.50. The van der Waals surface area contributed by atoms with Gasteiger partial charge >= 0.3 is 0 Å². The lowest BCUT2D eigenvalue weighted by molar-refractivity contribution is -0.0720. The summed E-state index contributed by atoms with van der Waals surface area (Å²) in [4.78, 5) is 10.7. The first kappa shape index (κ1) is 22.3. The maximum atomic E-state index is 6.56. The molecule has 5 nitrogen and oxygen atoms in total. The van der Waals surface area contributed by atoms with E-state index in [4.69, 9.17) is 14.1 Å². The second-order valence-corrected chi connectivity index (χ2v) is 16.2. The Balaban J connectivity index is 1.64. The molecule has 0 aliphatic heterocycles. The van der Waals surface area contributed by atoms with Crippen molar-refractivity contribution in [2.45, 2.75) is 91.0 Å². The summed E-state index contributed by atoms with van der Waals surface area (Å²) in [6.07, 6.45) is 10.0. The lowest BCUT2D eigenvalue weighted by Gasteiger charge is -2.60. The molecule has 0 amide bonds. The molecule has 0 aromatic heterocycles. The van der Waals surface area contributed by atoms with Crippen molar-refractivity contribution >= 4 is 19.7 Å². The van der Waals surface area contributed by atoms with E-state index in [0.29, 0.717) is 29.3 Å². The maximum absolute atomic E-state index is 6.56. The van der Waals surface area contributed by atoms with Crippen molar-refractivity contribution in [2.75, 3.05) is 14.2 Å². The van der Waals surface area contributed by atoms with E-state index in [0.717, 1.165) is 18.8 Å². The number of rotatable bonds is 4. The Hall–Kier alpha value is -0.883. The minimum Gasteiger partial charge on any atom is -0.415 e. The van der Waals surface area contributed by atoms with Gasteiger partial charge in [0.15, 0.2) is 8.32 Å². The number of hydrogen-bond donors (Lipinski definition) is 0. The van der Waals surface area contributed by atoms with E-state index in [9.17, 15) is 0 Å². The largest absolute Gasteiger partial charge is 0.415 e. The lowest BCUT2D eigenvalue weighted by atomic mass is 9.44. The zero-order valence-electron chi connectivity index (χ0n) is 20.2. The van der Waals surface area contributed by atoms with Crippen LogP contribution in [-0.4, -0.2) is 40.1 Å².